The molecule has 0 bridgehead atoms. The van der Waals surface area contributed by atoms with Gasteiger partial charge >= 0.3 is 0 Å². The first-order valence-corrected chi connectivity index (χ1v) is 4.37. The topological polar surface area (TPSA) is 29.1 Å². The number of hydrogen-bond donors (Lipinski definition) is 1. The van der Waals surface area contributed by atoms with Crippen LogP contribution in [0.25, 0.3) is 0 Å². The summed E-state index contributed by atoms with van der Waals surface area (Å²) in [5, 5.41) is 3.05. The number of rotatable bonds is 1. The first-order chi connectivity index (χ1) is 5.76. The fourth-order valence-corrected chi connectivity index (χ4v) is 1.23. The first-order valence-electron chi connectivity index (χ1n) is 4.37. The third kappa shape index (κ3) is 4.15. The molecule has 0 aromatic carbocycles. The summed E-state index contributed by atoms with van der Waals surface area (Å²) in [5.74, 6) is 3.00. The van der Waals surface area contributed by atoms with E-state index in [0.717, 1.165) is 19.4 Å². The minimum atomic E-state index is 0.353. The lowest BCUT2D eigenvalue weighted by molar-refractivity contribution is -0.123. The fourth-order valence-electron chi connectivity index (χ4n) is 1.23. The van der Waals surface area contributed by atoms with Gasteiger partial charge in [-0.1, -0.05) is 6.92 Å². The molecule has 1 aliphatic heterocycles. The maximum Gasteiger partial charge on any atom is 0.149 e. The van der Waals surface area contributed by atoms with Crippen LogP contribution in [0.1, 0.15) is 26.7 Å². The van der Waals surface area contributed by atoms with Crippen LogP contribution in [0, 0.1) is 18.3 Å². The van der Waals surface area contributed by atoms with Crippen molar-refractivity contribution in [3.05, 3.63) is 0 Å². The lowest BCUT2D eigenvalue weighted by atomic mass is 9.94. The Bertz CT molecular complexity index is 169. The number of nitrogens with one attached hydrogen (secondary N) is 1. The van der Waals surface area contributed by atoms with Crippen LogP contribution in [0.4, 0.5) is 0 Å². The van der Waals surface area contributed by atoms with Gasteiger partial charge in [-0.3, -0.25) is 4.79 Å². The first kappa shape index (κ1) is 11.2. The van der Waals surface area contributed by atoms with E-state index in [1.807, 2.05) is 0 Å². The molecular formula is C10H17NO. The molecule has 1 fully saturated rings. The zero-order valence-electron chi connectivity index (χ0n) is 7.89. The Labute approximate surface area is 74.7 Å². The molecule has 0 radical (unpaired) electrons. The second-order valence-electron chi connectivity index (χ2n) is 2.83. The van der Waals surface area contributed by atoms with Crippen molar-refractivity contribution in [2.75, 3.05) is 13.1 Å². The molecule has 2 heteroatoms. The zero-order chi connectivity index (χ0) is 9.40. The van der Waals surface area contributed by atoms with Gasteiger partial charge in [0.15, 0.2) is 0 Å². The number of hydrogen-bond acceptors (Lipinski definition) is 2. The predicted molar refractivity (Wildman–Crippen MR) is 50.8 cm³/mol. The van der Waals surface area contributed by atoms with Crippen molar-refractivity contribution in [3.8, 4) is 12.3 Å². The molecule has 0 aliphatic carbocycles. The molecule has 12 heavy (non-hydrogen) atoms. The number of carbonyl (C=O) groups excluding carboxylic acids is 1. The quantitative estimate of drug-likeness (QED) is 0.595. The number of Topliss-reactive ketones (excluding diaryl/α,β-unsaturated/α-hetero) is 1. The average molecular weight is 167 g/mol. The van der Waals surface area contributed by atoms with Gasteiger partial charge in [-0.25, -0.2) is 0 Å². The lowest BCUT2D eigenvalue weighted by Crippen LogP contribution is -2.36. The highest BCUT2D eigenvalue weighted by Crippen LogP contribution is 2.10. The Kier molecular flexibility index (Phi) is 6.41. The Morgan fingerprint density at radius 1 is 1.75 bits per heavy atom. The van der Waals surface area contributed by atoms with Crippen molar-refractivity contribution in [2.24, 2.45) is 5.92 Å². The lowest BCUT2D eigenvalue weighted by Gasteiger charge is -2.19. The van der Waals surface area contributed by atoms with Crippen LogP contribution in [0.3, 0.4) is 0 Å². The monoisotopic (exact) mass is 167 g/mol. The molecular weight excluding hydrogens is 150 g/mol. The van der Waals surface area contributed by atoms with E-state index in [1.54, 1.807) is 6.92 Å². The standard InChI is InChI=1S/C7H13NO.C3H4/c1-2-6-3-4-8-5-7(6)9;1-3-2/h6,8H,2-5H2,1H3;1H,2H3. The van der Waals surface area contributed by atoms with Gasteiger partial charge in [0.05, 0.1) is 6.54 Å². The van der Waals surface area contributed by atoms with Gasteiger partial charge < -0.3 is 5.32 Å². The molecule has 2 nitrogen and oxygen atoms in total. The smallest absolute Gasteiger partial charge is 0.149 e. The summed E-state index contributed by atoms with van der Waals surface area (Å²) in [6.07, 6.45) is 6.65. The van der Waals surface area contributed by atoms with Crippen LogP contribution in [0.15, 0.2) is 0 Å². The van der Waals surface area contributed by atoms with Gasteiger partial charge in [-0.15, -0.1) is 12.3 Å². The van der Waals surface area contributed by atoms with Crippen LogP contribution in [-0.2, 0) is 4.79 Å². The molecule has 1 aliphatic rings. The Hall–Kier alpha value is -0.810. The van der Waals surface area contributed by atoms with Gasteiger partial charge in [0.1, 0.15) is 5.78 Å². The molecule has 0 aromatic rings. The summed E-state index contributed by atoms with van der Waals surface area (Å²) in [6.45, 7) is 5.34. The third-order valence-electron chi connectivity index (χ3n) is 1.92. The Morgan fingerprint density at radius 2 is 2.33 bits per heavy atom. The number of piperidine rings is 1. The van der Waals surface area contributed by atoms with E-state index in [-0.39, 0.29) is 0 Å². The molecule has 1 N–H and O–H groups in total. The van der Waals surface area contributed by atoms with Gasteiger partial charge in [0.25, 0.3) is 0 Å². The van der Waals surface area contributed by atoms with E-state index in [4.69, 9.17) is 0 Å². The van der Waals surface area contributed by atoms with Crippen LogP contribution in [0.5, 0.6) is 0 Å². The Balaban J connectivity index is 0.000000354. The van der Waals surface area contributed by atoms with Crippen molar-refractivity contribution in [1.82, 2.24) is 5.32 Å². The zero-order valence-corrected chi connectivity index (χ0v) is 7.89. The minimum Gasteiger partial charge on any atom is -0.310 e. The summed E-state index contributed by atoms with van der Waals surface area (Å²) in [4.78, 5) is 11.0. The molecule has 0 aromatic heterocycles. The molecule has 1 unspecified atom stereocenters. The number of terminal acetylenes is 1. The van der Waals surface area contributed by atoms with E-state index in [9.17, 15) is 4.79 Å². The van der Waals surface area contributed by atoms with Crippen LogP contribution in [-0.4, -0.2) is 18.9 Å². The predicted octanol–water partition coefficient (Wildman–Crippen LogP) is 1.21. The third-order valence-corrected chi connectivity index (χ3v) is 1.92. The number of carbonyl (C=O) groups is 1. The molecule has 1 heterocycles. The summed E-state index contributed by atoms with van der Waals surface area (Å²) < 4.78 is 0. The molecule has 1 rings (SSSR count). The summed E-state index contributed by atoms with van der Waals surface area (Å²) in [6, 6.07) is 0. The Morgan fingerprint density at radius 3 is 2.67 bits per heavy atom. The fraction of sp³-hybridized carbons (Fsp3) is 0.700. The summed E-state index contributed by atoms with van der Waals surface area (Å²) in [5.41, 5.74) is 0. The molecule has 1 atom stereocenters. The summed E-state index contributed by atoms with van der Waals surface area (Å²) >= 11 is 0. The minimum absolute atomic E-state index is 0.353. The van der Waals surface area contributed by atoms with Gasteiger partial charge in [-0.2, -0.15) is 0 Å². The van der Waals surface area contributed by atoms with Crippen LogP contribution in [0.2, 0.25) is 0 Å². The van der Waals surface area contributed by atoms with Crippen LogP contribution >= 0.6 is 0 Å². The second kappa shape index (κ2) is 6.87. The van der Waals surface area contributed by atoms with E-state index in [2.05, 4.69) is 24.6 Å². The molecule has 68 valence electrons. The maximum atomic E-state index is 11.0. The van der Waals surface area contributed by atoms with Gasteiger partial charge in [-0.05, 0) is 26.3 Å². The van der Waals surface area contributed by atoms with Crippen LogP contribution < -0.4 is 5.32 Å². The van der Waals surface area contributed by atoms with Gasteiger partial charge in [0, 0.05) is 5.92 Å². The normalized spacial score (nSPS) is 22.1. The molecule has 0 saturated carbocycles. The SMILES string of the molecule is C#CC.CCC1CCNCC1=O. The molecule has 0 amide bonds. The molecule has 1 saturated heterocycles. The van der Waals surface area contributed by atoms with Crippen molar-refractivity contribution < 1.29 is 4.79 Å². The van der Waals surface area contributed by atoms with Crippen molar-refractivity contribution >= 4 is 5.78 Å². The largest absolute Gasteiger partial charge is 0.310 e. The highest BCUT2D eigenvalue weighted by Gasteiger charge is 2.18. The van der Waals surface area contributed by atoms with Crippen molar-refractivity contribution in [3.63, 3.8) is 0 Å². The van der Waals surface area contributed by atoms with Crippen molar-refractivity contribution in [1.29, 1.82) is 0 Å². The van der Waals surface area contributed by atoms with E-state index >= 15 is 0 Å². The highest BCUT2D eigenvalue weighted by atomic mass is 16.1. The molecule has 0 spiro atoms. The average Bonchev–Trinajstić information content (AvgIpc) is 2.07. The summed E-state index contributed by atoms with van der Waals surface area (Å²) in [7, 11) is 0. The van der Waals surface area contributed by atoms with Gasteiger partial charge in [0.2, 0.25) is 0 Å². The number of ketones is 1. The highest BCUT2D eigenvalue weighted by molar-refractivity contribution is 5.83. The maximum absolute atomic E-state index is 11.0. The van der Waals surface area contributed by atoms with E-state index in [1.165, 1.54) is 0 Å². The second-order valence-corrected chi connectivity index (χ2v) is 2.83. The van der Waals surface area contributed by atoms with Crippen molar-refractivity contribution in [2.45, 2.75) is 26.7 Å². The van der Waals surface area contributed by atoms with E-state index < -0.39 is 0 Å². The van der Waals surface area contributed by atoms with E-state index in [0.29, 0.717) is 18.2 Å².